The maximum absolute atomic E-state index is 5.57. The van der Waals surface area contributed by atoms with Crippen molar-refractivity contribution in [3.8, 4) is 5.75 Å². The highest BCUT2D eigenvalue weighted by Gasteiger charge is 1.97. The van der Waals surface area contributed by atoms with Crippen molar-refractivity contribution in [2.24, 2.45) is 0 Å². The van der Waals surface area contributed by atoms with E-state index in [1.807, 2.05) is 12.1 Å². The first-order valence-corrected chi connectivity index (χ1v) is 5.72. The van der Waals surface area contributed by atoms with E-state index in [2.05, 4.69) is 27.4 Å². The summed E-state index contributed by atoms with van der Waals surface area (Å²) in [5, 5.41) is 3.20. The highest BCUT2D eigenvalue weighted by molar-refractivity contribution is 5.43. The summed E-state index contributed by atoms with van der Waals surface area (Å²) >= 11 is 0. The minimum atomic E-state index is 0.469. The maximum Gasteiger partial charge on any atom is 0.131 e. The number of anilines is 2. The molecule has 5 nitrogen and oxygen atoms in total. The predicted octanol–water partition coefficient (Wildman–Crippen LogP) is 1.72. The topological polar surface area (TPSA) is 73.1 Å². The van der Waals surface area contributed by atoms with Gasteiger partial charge in [-0.25, -0.2) is 9.97 Å². The molecule has 0 atom stereocenters. The second-order valence-corrected chi connectivity index (χ2v) is 3.85. The van der Waals surface area contributed by atoms with E-state index in [9.17, 15) is 0 Å². The fraction of sp³-hybridized carbons (Fsp3) is 0.231. The lowest BCUT2D eigenvalue weighted by atomic mass is 10.1. The van der Waals surface area contributed by atoms with Gasteiger partial charge in [-0.05, 0) is 24.1 Å². The second-order valence-electron chi connectivity index (χ2n) is 3.85. The third kappa shape index (κ3) is 3.35. The van der Waals surface area contributed by atoms with Crippen molar-refractivity contribution in [1.82, 2.24) is 9.97 Å². The molecule has 0 radical (unpaired) electrons. The molecule has 94 valence electrons. The van der Waals surface area contributed by atoms with Gasteiger partial charge in [0.1, 0.15) is 23.7 Å². The van der Waals surface area contributed by atoms with Crippen LogP contribution in [0.1, 0.15) is 5.56 Å². The van der Waals surface area contributed by atoms with Crippen LogP contribution in [-0.4, -0.2) is 23.6 Å². The van der Waals surface area contributed by atoms with Crippen molar-refractivity contribution in [2.75, 3.05) is 24.7 Å². The first kappa shape index (κ1) is 12.2. The highest BCUT2D eigenvalue weighted by atomic mass is 16.5. The summed E-state index contributed by atoms with van der Waals surface area (Å²) in [5.74, 6) is 2.09. The normalized spacial score (nSPS) is 10.1. The Morgan fingerprint density at radius 2 is 2.00 bits per heavy atom. The van der Waals surface area contributed by atoms with Crippen molar-refractivity contribution in [3.05, 3.63) is 42.2 Å². The van der Waals surface area contributed by atoms with Crippen LogP contribution in [0.15, 0.2) is 36.7 Å². The predicted molar refractivity (Wildman–Crippen MR) is 71.6 cm³/mol. The quantitative estimate of drug-likeness (QED) is 0.837. The molecular formula is C13H16N4O. The Morgan fingerprint density at radius 1 is 1.22 bits per heavy atom. The monoisotopic (exact) mass is 244 g/mol. The van der Waals surface area contributed by atoms with Crippen molar-refractivity contribution in [3.63, 3.8) is 0 Å². The Bertz CT molecular complexity index is 499. The number of nitrogens with zero attached hydrogens (tertiary/aromatic N) is 2. The Labute approximate surface area is 106 Å². The van der Waals surface area contributed by atoms with Crippen molar-refractivity contribution in [2.45, 2.75) is 6.42 Å². The molecule has 0 spiro atoms. The van der Waals surface area contributed by atoms with E-state index in [-0.39, 0.29) is 0 Å². The first-order chi connectivity index (χ1) is 8.78. The number of nitrogen functional groups attached to an aromatic ring is 1. The van der Waals surface area contributed by atoms with Crippen LogP contribution in [0, 0.1) is 0 Å². The van der Waals surface area contributed by atoms with E-state index in [0.717, 1.165) is 24.5 Å². The van der Waals surface area contributed by atoms with Gasteiger partial charge >= 0.3 is 0 Å². The smallest absolute Gasteiger partial charge is 0.131 e. The molecule has 0 aliphatic rings. The molecule has 0 saturated heterocycles. The van der Waals surface area contributed by atoms with E-state index in [4.69, 9.17) is 10.5 Å². The summed E-state index contributed by atoms with van der Waals surface area (Å²) in [6, 6.07) is 9.73. The van der Waals surface area contributed by atoms with E-state index in [1.54, 1.807) is 13.2 Å². The fourth-order valence-corrected chi connectivity index (χ4v) is 1.60. The first-order valence-electron chi connectivity index (χ1n) is 5.72. The zero-order valence-electron chi connectivity index (χ0n) is 10.3. The van der Waals surface area contributed by atoms with Gasteiger partial charge in [0.05, 0.1) is 7.11 Å². The third-order valence-electron chi connectivity index (χ3n) is 2.57. The molecule has 18 heavy (non-hydrogen) atoms. The molecule has 0 fully saturated rings. The SMILES string of the molecule is COc1ccc(CCNc2cc(N)ncn2)cc1. The number of benzene rings is 1. The molecule has 1 aromatic carbocycles. The molecule has 0 unspecified atom stereocenters. The van der Waals surface area contributed by atoms with Gasteiger partial charge in [-0.2, -0.15) is 0 Å². The lowest BCUT2D eigenvalue weighted by molar-refractivity contribution is 0.414. The summed E-state index contributed by atoms with van der Waals surface area (Å²) in [6.07, 6.45) is 2.36. The zero-order valence-corrected chi connectivity index (χ0v) is 10.3. The highest BCUT2D eigenvalue weighted by Crippen LogP contribution is 2.12. The molecule has 3 N–H and O–H groups in total. The van der Waals surface area contributed by atoms with Crippen LogP contribution in [0.4, 0.5) is 11.6 Å². The van der Waals surface area contributed by atoms with Crippen LogP contribution < -0.4 is 15.8 Å². The molecule has 0 aliphatic heterocycles. The number of methoxy groups -OCH3 is 1. The zero-order chi connectivity index (χ0) is 12.8. The number of nitrogens with one attached hydrogen (secondary N) is 1. The number of nitrogens with two attached hydrogens (primary N) is 1. The summed E-state index contributed by atoms with van der Waals surface area (Å²) in [4.78, 5) is 7.91. The van der Waals surface area contributed by atoms with Gasteiger partial charge < -0.3 is 15.8 Å². The summed E-state index contributed by atoms with van der Waals surface area (Å²) < 4.78 is 5.11. The van der Waals surface area contributed by atoms with E-state index < -0.39 is 0 Å². The molecule has 2 rings (SSSR count). The summed E-state index contributed by atoms with van der Waals surface area (Å²) in [7, 11) is 1.66. The molecule has 0 bridgehead atoms. The minimum Gasteiger partial charge on any atom is -0.497 e. The Kier molecular flexibility index (Phi) is 3.96. The van der Waals surface area contributed by atoms with Crippen molar-refractivity contribution in [1.29, 1.82) is 0 Å². The second kappa shape index (κ2) is 5.86. The largest absolute Gasteiger partial charge is 0.497 e. The molecule has 1 aromatic heterocycles. The lowest BCUT2D eigenvalue weighted by Gasteiger charge is -2.06. The fourth-order valence-electron chi connectivity index (χ4n) is 1.60. The van der Waals surface area contributed by atoms with Crippen LogP contribution in [0.25, 0.3) is 0 Å². The number of aromatic nitrogens is 2. The molecular weight excluding hydrogens is 228 g/mol. The standard InChI is InChI=1S/C13H16N4O/c1-18-11-4-2-10(3-5-11)6-7-15-13-8-12(14)16-9-17-13/h2-5,8-9H,6-7H2,1H3,(H3,14,15,16,17). The number of hydrogen-bond donors (Lipinski definition) is 2. The number of ether oxygens (including phenoxy) is 1. The molecule has 0 aliphatic carbocycles. The number of rotatable bonds is 5. The van der Waals surface area contributed by atoms with Gasteiger partial charge in [-0.15, -0.1) is 0 Å². The molecule has 0 amide bonds. The van der Waals surface area contributed by atoms with Crippen LogP contribution >= 0.6 is 0 Å². The van der Waals surface area contributed by atoms with Gasteiger partial charge in [0, 0.05) is 12.6 Å². The van der Waals surface area contributed by atoms with Crippen molar-refractivity contribution < 1.29 is 4.74 Å². The average molecular weight is 244 g/mol. The molecule has 0 saturated carbocycles. The maximum atomic E-state index is 5.57. The summed E-state index contributed by atoms with van der Waals surface area (Å²) in [6.45, 7) is 0.794. The van der Waals surface area contributed by atoms with Crippen LogP contribution in [-0.2, 0) is 6.42 Å². The van der Waals surface area contributed by atoms with Crippen LogP contribution in [0.3, 0.4) is 0 Å². The lowest BCUT2D eigenvalue weighted by Crippen LogP contribution is -2.07. The molecule has 1 heterocycles. The van der Waals surface area contributed by atoms with Gasteiger partial charge in [0.2, 0.25) is 0 Å². The van der Waals surface area contributed by atoms with Gasteiger partial charge in [0.25, 0.3) is 0 Å². The van der Waals surface area contributed by atoms with Crippen molar-refractivity contribution >= 4 is 11.6 Å². The van der Waals surface area contributed by atoms with Crippen LogP contribution in [0.5, 0.6) is 5.75 Å². The van der Waals surface area contributed by atoms with Gasteiger partial charge in [-0.3, -0.25) is 0 Å². The molecule has 5 heteroatoms. The van der Waals surface area contributed by atoms with Crippen LogP contribution in [0.2, 0.25) is 0 Å². The Hall–Kier alpha value is -2.30. The third-order valence-corrected chi connectivity index (χ3v) is 2.57. The summed E-state index contributed by atoms with van der Waals surface area (Å²) in [5.41, 5.74) is 6.81. The number of hydrogen-bond acceptors (Lipinski definition) is 5. The molecule has 2 aromatic rings. The van der Waals surface area contributed by atoms with E-state index in [0.29, 0.717) is 5.82 Å². The van der Waals surface area contributed by atoms with E-state index >= 15 is 0 Å². The van der Waals surface area contributed by atoms with E-state index in [1.165, 1.54) is 11.9 Å². The van der Waals surface area contributed by atoms with Gasteiger partial charge in [-0.1, -0.05) is 12.1 Å². The Balaban J connectivity index is 1.84. The average Bonchev–Trinajstić information content (AvgIpc) is 2.40. The Morgan fingerprint density at radius 3 is 2.67 bits per heavy atom. The van der Waals surface area contributed by atoms with Gasteiger partial charge in [0.15, 0.2) is 0 Å². The minimum absolute atomic E-state index is 0.469.